The van der Waals surface area contributed by atoms with Crippen LogP contribution in [0.5, 0.6) is 0 Å². The molecule has 0 aromatic heterocycles. The first-order chi connectivity index (χ1) is 6.72. The predicted octanol–water partition coefficient (Wildman–Crippen LogP) is 0.730. The lowest BCUT2D eigenvalue weighted by molar-refractivity contribution is -0.135. The summed E-state index contributed by atoms with van der Waals surface area (Å²) in [7, 11) is 0. The van der Waals surface area contributed by atoms with Crippen LogP contribution in [0.3, 0.4) is 0 Å². The van der Waals surface area contributed by atoms with E-state index in [1.165, 1.54) is 0 Å². The number of carboxylic acid groups (broad SMARTS) is 1. The Hall–Kier alpha value is -1.57. The lowest BCUT2D eigenvalue weighted by Crippen LogP contribution is -2.21. The van der Waals surface area contributed by atoms with E-state index in [0.717, 1.165) is 25.0 Å². The Bertz CT molecular complexity index is 280. The highest BCUT2D eigenvalue weighted by Gasteiger charge is 2.17. The zero-order valence-corrected chi connectivity index (χ0v) is 7.86. The number of carbonyl (C=O) groups is 1. The van der Waals surface area contributed by atoms with Crippen molar-refractivity contribution in [2.45, 2.75) is 25.7 Å². The largest absolute Gasteiger partial charge is 0.480 e. The van der Waals surface area contributed by atoms with Crippen LogP contribution in [-0.4, -0.2) is 23.3 Å². The normalized spacial score (nSPS) is 24.2. The molecule has 0 aromatic rings. The summed E-state index contributed by atoms with van der Waals surface area (Å²) in [6.45, 7) is -0.166. The van der Waals surface area contributed by atoms with Crippen LogP contribution in [0.4, 0.5) is 0 Å². The van der Waals surface area contributed by atoms with Gasteiger partial charge in [-0.25, -0.2) is 0 Å². The van der Waals surface area contributed by atoms with E-state index in [4.69, 9.17) is 10.4 Å². The minimum Gasteiger partial charge on any atom is -0.480 e. The van der Waals surface area contributed by atoms with E-state index in [9.17, 15) is 4.79 Å². The van der Waals surface area contributed by atoms with Crippen LogP contribution in [0.2, 0.25) is 0 Å². The van der Waals surface area contributed by atoms with Crippen molar-refractivity contribution in [1.82, 2.24) is 5.43 Å². The first-order valence-electron chi connectivity index (χ1n) is 4.62. The summed E-state index contributed by atoms with van der Waals surface area (Å²) in [5.41, 5.74) is 3.38. The molecule has 0 radical (unpaired) electrons. The molecule has 5 heteroatoms. The van der Waals surface area contributed by atoms with Gasteiger partial charge in [-0.05, 0) is 19.3 Å². The summed E-state index contributed by atoms with van der Waals surface area (Å²) in [6.07, 6.45) is 3.42. The Labute approximate surface area is 82.4 Å². The highest BCUT2D eigenvalue weighted by molar-refractivity contribution is 5.85. The Kier molecular flexibility index (Phi) is 3.92. The maximum absolute atomic E-state index is 10.2. The number of carboxylic acids is 1. The zero-order chi connectivity index (χ0) is 10.4. The van der Waals surface area contributed by atoms with E-state index in [2.05, 4.69) is 16.6 Å². The summed E-state index contributed by atoms with van der Waals surface area (Å²) < 4.78 is 0. The van der Waals surface area contributed by atoms with Crippen molar-refractivity contribution in [3.8, 4) is 6.07 Å². The fourth-order valence-corrected chi connectivity index (χ4v) is 1.47. The van der Waals surface area contributed by atoms with Gasteiger partial charge in [-0.3, -0.25) is 10.2 Å². The number of nitrogens with zero attached hydrogens (tertiary/aromatic N) is 2. The van der Waals surface area contributed by atoms with E-state index < -0.39 is 5.97 Å². The van der Waals surface area contributed by atoms with Crippen LogP contribution in [-0.2, 0) is 4.79 Å². The van der Waals surface area contributed by atoms with Crippen molar-refractivity contribution in [3.05, 3.63) is 0 Å². The summed E-state index contributed by atoms with van der Waals surface area (Å²) >= 11 is 0. The number of hydrogen-bond acceptors (Lipinski definition) is 4. The third kappa shape index (κ3) is 3.44. The number of nitriles is 1. The lowest BCUT2D eigenvalue weighted by Gasteiger charge is -2.16. The van der Waals surface area contributed by atoms with Crippen molar-refractivity contribution >= 4 is 11.7 Å². The Morgan fingerprint density at radius 1 is 1.79 bits per heavy atom. The van der Waals surface area contributed by atoms with Gasteiger partial charge < -0.3 is 5.11 Å². The van der Waals surface area contributed by atoms with E-state index in [1.807, 2.05) is 0 Å². The predicted molar refractivity (Wildman–Crippen MR) is 50.6 cm³/mol. The Balaban J connectivity index is 2.36. The molecule has 14 heavy (non-hydrogen) atoms. The molecule has 0 spiro atoms. The second-order valence-corrected chi connectivity index (χ2v) is 3.33. The number of hydrazone groups is 1. The molecular formula is C9H13N3O2. The van der Waals surface area contributed by atoms with Gasteiger partial charge in [-0.15, -0.1) is 0 Å². The second-order valence-electron chi connectivity index (χ2n) is 3.33. The molecule has 1 atom stereocenters. The van der Waals surface area contributed by atoms with Gasteiger partial charge in [0.05, 0.1) is 12.0 Å². The summed E-state index contributed by atoms with van der Waals surface area (Å²) in [6, 6.07) is 2.21. The fraction of sp³-hybridized carbons (Fsp3) is 0.667. The van der Waals surface area contributed by atoms with Crippen LogP contribution in [0.15, 0.2) is 5.10 Å². The Morgan fingerprint density at radius 2 is 2.57 bits per heavy atom. The molecule has 0 heterocycles. The molecule has 76 valence electrons. The number of aliphatic carboxylic acids is 1. The van der Waals surface area contributed by atoms with E-state index >= 15 is 0 Å². The lowest BCUT2D eigenvalue weighted by atomic mass is 9.89. The molecular weight excluding hydrogens is 182 g/mol. The molecule has 1 fully saturated rings. The minimum absolute atomic E-state index is 0.0501. The SMILES string of the molecule is N#CC1CCC/C(=N/NCC(=O)O)C1. The average molecular weight is 195 g/mol. The first-order valence-corrected chi connectivity index (χ1v) is 4.62. The van der Waals surface area contributed by atoms with Crippen molar-refractivity contribution in [3.63, 3.8) is 0 Å². The molecule has 5 nitrogen and oxygen atoms in total. The smallest absolute Gasteiger partial charge is 0.324 e. The van der Waals surface area contributed by atoms with Crippen LogP contribution in [0.25, 0.3) is 0 Å². The molecule has 0 bridgehead atoms. The topological polar surface area (TPSA) is 85.5 Å². The average Bonchev–Trinajstić information content (AvgIpc) is 2.18. The maximum atomic E-state index is 10.2. The van der Waals surface area contributed by atoms with Gasteiger partial charge in [-0.2, -0.15) is 10.4 Å². The first kappa shape index (κ1) is 10.5. The third-order valence-corrected chi connectivity index (χ3v) is 2.15. The molecule has 1 aliphatic rings. The number of hydrogen-bond donors (Lipinski definition) is 2. The van der Waals surface area contributed by atoms with Crippen LogP contribution in [0.1, 0.15) is 25.7 Å². The zero-order valence-electron chi connectivity index (χ0n) is 7.86. The standard InChI is InChI=1S/C9H13N3O2/c10-5-7-2-1-3-8(4-7)12-11-6-9(13)14/h7,11H,1-4,6H2,(H,13,14)/b12-8-. The molecule has 0 aliphatic heterocycles. The third-order valence-electron chi connectivity index (χ3n) is 2.15. The van der Waals surface area contributed by atoms with Gasteiger partial charge >= 0.3 is 5.97 Å². The molecule has 0 saturated heterocycles. The minimum atomic E-state index is -0.929. The maximum Gasteiger partial charge on any atom is 0.324 e. The van der Waals surface area contributed by atoms with Crippen molar-refractivity contribution < 1.29 is 9.90 Å². The van der Waals surface area contributed by atoms with Gasteiger partial charge in [0, 0.05) is 12.1 Å². The fourth-order valence-electron chi connectivity index (χ4n) is 1.47. The van der Waals surface area contributed by atoms with Crippen molar-refractivity contribution in [1.29, 1.82) is 5.26 Å². The molecule has 1 aliphatic carbocycles. The molecule has 1 saturated carbocycles. The van der Waals surface area contributed by atoms with Crippen LogP contribution >= 0.6 is 0 Å². The Morgan fingerprint density at radius 3 is 3.21 bits per heavy atom. The van der Waals surface area contributed by atoms with Gasteiger partial charge in [0.1, 0.15) is 6.54 Å². The number of nitrogens with one attached hydrogen (secondary N) is 1. The van der Waals surface area contributed by atoms with Crippen LogP contribution in [0, 0.1) is 17.2 Å². The molecule has 0 amide bonds. The van der Waals surface area contributed by atoms with Crippen LogP contribution < -0.4 is 5.43 Å². The van der Waals surface area contributed by atoms with E-state index in [1.54, 1.807) is 0 Å². The highest BCUT2D eigenvalue weighted by Crippen LogP contribution is 2.20. The summed E-state index contributed by atoms with van der Waals surface area (Å²) in [5, 5.41) is 21.0. The molecule has 1 unspecified atom stereocenters. The molecule has 2 N–H and O–H groups in total. The van der Waals surface area contributed by atoms with Crippen molar-refractivity contribution in [2.75, 3.05) is 6.54 Å². The van der Waals surface area contributed by atoms with Gasteiger partial charge in [0.15, 0.2) is 0 Å². The molecule has 1 rings (SSSR count). The summed E-state index contributed by atoms with van der Waals surface area (Å²) in [4.78, 5) is 10.2. The van der Waals surface area contributed by atoms with E-state index in [0.29, 0.717) is 6.42 Å². The quantitative estimate of drug-likeness (QED) is 0.650. The molecule has 0 aromatic carbocycles. The highest BCUT2D eigenvalue weighted by atomic mass is 16.4. The monoisotopic (exact) mass is 195 g/mol. The van der Waals surface area contributed by atoms with Crippen molar-refractivity contribution in [2.24, 2.45) is 11.0 Å². The van der Waals surface area contributed by atoms with Gasteiger partial charge in [0.25, 0.3) is 0 Å². The second kappa shape index (κ2) is 5.22. The number of rotatable bonds is 3. The van der Waals surface area contributed by atoms with Gasteiger partial charge in [0.2, 0.25) is 0 Å². The van der Waals surface area contributed by atoms with Gasteiger partial charge in [-0.1, -0.05) is 0 Å². The summed E-state index contributed by atoms with van der Waals surface area (Å²) in [5.74, 6) is -0.879. The van der Waals surface area contributed by atoms with E-state index in [-0.39, 0.29) is 12.5 Å².